The van der Waals surface area contributed by atoms with E-state index in [4.69, 9.17) is 34.2 Å². The molecule has 5 N–H and O–H groups in total. The van der Waals surface area contributed by atoms with E-state index >= 15 is 0 Å². The molecule has 0 bridgehead atoms. The molecule has 14 nitrogen and oxygen atoms in total. The van der Waals surface area contributed by atoms with E-state index in [9.17, 15) is 19.2 Å². The van der Waals surface area contributed by atoms with Gasteiger partial charge in [-0.3, -0.25) is 19.2 Å². The molecule has 4 amide bonds. The van der Waals surface area contributed by atoms with Crippen molar-refractivity contribution in [1.29, 1.82) is 0 Å². The first kappa shape index (κ1) is 38.8. The highest BCUT2D eigenvalue weighted by molar-refractivity contribution is 5.77. The molecule has 0 rings (SSSR count). The van der Waals surface area contributed by atoms with Crippen LogP contribution in [0.4, 0.5) is 0 Å². The van der Waals surface area contributed by atoms with Crippen molar-refractivity contribution in [3.8, 4) is 0 Å². The third-order valence-corrected chi connectivity index (χ3v) is 4.35. The average Bonchev–Trinajstić information content (AvgIpc) is 2.92. The molecule has 0 saturated carbocycles. The predicted molar refractivity (Wildman–Crippen MR) is 144 cm³/mol. The summed E-state index contributed by atoms with van der Waals surface area (Å²) in [5.41, 5.74) is 4.92. The van der Waals surface area contributed by atoms with Crippen molar-refractivity contribution in [3.05, 3.63) is 0 Å². The summed E-state index contributed by atoms with van der Waals surface area (Å²) in [5, 5.41) is 7.96. The number of hydrogen-bond acceptors (Lipinski definition) is 10. The number of rotatable bonds is 26. The van der Waals surface area contributed by atoms with Crippen LogP contribution in [0.3, 0.4) is 0 Å². The van der Waals surface area contributed by atoms with Crippen LogP contribution < -0.4 is 21.7 Å². The molecule has 0 radical (unpaired) electrons. The number of hydrogen-bond donors (Lipinski definition) is 4. The molecule has 0 aromatic rings. The lowest BCUT2D eigenvalue weighted by Crippen LogP contribution is -2.32. The maximum atomic E-state index is 11.6. The van der Waals surface area contributed by atoms with Crippen LogP contribution in [0, 0.1) is 0 Å². The second-order valence-electron chi connectivity index (χ2n) is 7.86. The predicted octanol–water partition coefficient (Wildman–Crippen LogP) is -0.864. The number of carbonyl (C=O) groups is 4. The van der Waals surface area contributed by atoms with Gasteiger partial charge >= 0.3 is 0 Å². The van der Waals surface area contributed by atoms with Gasteiger partial charge in [-0.1, -0.05) is 33.6 Å². The van der Waals surface area contributed by atoms with Crippen molar-refractivity contribution in [2.24, 2.45) is 5.73 Å². The topological polar surface area (TPSA) is 186 Å². The Hall–Kier alpha value is -2.36. The highest BCUT2D eigenvalue weighted by Gasteiger charge is 2.03. The van der Waals surface area contributed by atoms with Crippen molar-refractivity contribution in [1.82, 2.24) is 16.0 Å². The summed E-state index contributed by atoms with van der Waals surface area (Å²) in [6, 6.07) is 0. The van der Waals surface area contributed by atoms with Crippen LogP contribution in [0.25, 0.3) is 0 Å². The zero-order valence-electron chi connectivity index (χ0n) is 23.9. The van der Waals surface area contributed by atoms with Gasteiger partial charge in [0.2, 0.25) is 23.6 Å². The second kappa shape index (κ2) is 31.9. The molecule has 0 heterocycles. The van der Waals surface area contributed by atoms with Gasteiger partial charge in [0, 0.05) is 26.1 Å². The lowest BCUT2D eigenvalue weighted by molar-refractivity contribution is -0.127. The molecule has 0 aliphatic heterocycles. The number of unbranched alkanes of at least 4 members (excludes halogenated alkanes) is 1. The Morgan fingerprint density at radius 1 is 0.487 bits per heavy atom. The van der Waals surface area contributed by atoms with E-state index in [-0.39, 0.29) is 64.0 Å². The Bertz CT molecular complexity index is 609. The van der Waals surface area contributed by atoms with E-state index in [1.165, 1.54) is 12.8 Å². The fourth-order valence-electron chi connectivity index (χ4n) is 2.18. The van der Waals surface area contributed by atoms with E-state index in [1.807, 2.05) is 0 Å². The summed E-state index contributed by atoms with van der Waals surface area (Å²) in [7, 11) is 0. The van der Waals surface area contributed by atoms with Crippen molar-refractivity contribution in [3.63, 3.8) is 0 Å². The summed E-state index contributed by atoms with van der Waals surface area (Å²) in [6.07, 6.45) is 3.08. The highest BCUT2D eigenvalue weighted by atomic mass is 16.5. The van der Waals surface area contributed by atoms with Crippen LogP contribution in [-0.4, -0.2) is 123 Å². The molecule has 39 heavy (non-hydrogen) atoms. The van der Waals surface area contributed by atoms with E-state index in [0.29, 0.717) is 59.1 Å². The first-order valence-corrected chi connectivity index (χ1v) is 13.4. The Kier molecular flexibility index (Phi) is 31.7. The SMILES string of the molecule is CCC(=O)NCCOCCOCC(=O)NCCOCCOCC(=O)NCCOCCOCC(N)=O.CCCC. The number of nitrogens with two attached hydrogens (primary N) is 1. The molecule has 0 saturated heterocycles. The number of nitrogens with one attached hydrogen (secondary N) is 3. The molecular weight excluding hydrogens is 516 g/mol. The molecule has 230 valence electrons. The van der Waals surface area contributed by atoms with Crippen LogP contribution >= 0.6 is 0 Å². The van der Waals surface area contributed by atoms with Crippen molar-refractivity contribution < 1.29 is 47.6 Å². The standard InChI is InChI=1S/C21H40N4O10.C4H10/c1-2-19(27)23-3-6-30-10-13-34-16-21(29)25-5-8-32-11-14-35-17-20(28)24-4-7-31-9-12-33-15-18(22)26;1-3-4-2/h2-17H2,1H3,(H2,22,26)(H,23,27)(H,24,28)(H,25,29);3-4H2,1-2H3. The summed E-state index contributed by atoms with van der Waals surface area (Å²) in [5.74, 6) is -1.11. The quantitative estimate of drug-likeness (QED) is 0.0960. The minimum atomic E-state index is -0.540. The lowest BCUT2D eigenvalue weighted by atomic mass is 10.4. The molecule has 0 aromatic heterocycles. The van der Waals surface area contributed by atoms with Crippen LogP contribution in [0.15, 0.2) is 0 Å². The zero-order valence-corrected chi connectivity index (χ0v) is 23.9. The van der Waals surface area contributed by atoms with E-state index in [2.05, 4.69) is 29.8 Å². The first-order valence-electron chi connectivity index (χ1n) is 13.4. The smallest absolute Gasteiger partial charge is 0.246 e. The minimum Gasteiger partial charge on any atom is -0.377 e. The molecule has 0 aliphatic rings. The summed E-state index contributed by atoms with van der Waals surface area (Å²) >= 11 is 0. The van der Waals surface area contributed by atoms with Gasteiger partial charge in [-0.15, -0.1) is 0 Å². The van der Waals surface area contributed by atoms with Gasteiger partial charge in [0.15, 0.2) is 0 Å². The maximum absolute atomic E-state index is 11.6. The number of primary amides is 1. The van der Waals surface area contributed by atoms with Gasteiger partial charge in [-0.2, -0.15) is 0 Å². The largest absolute Gasteiger partial charge is 0.377 e. The molecule has 0 unspecified atom stereocenters. The van der Waals surface area contributed by atoms with Crippen LogP contribution in [-0.2, 0) is 47.6 Å². The summed E-state index contributed by atoms with van der Waals surface area (Å²) in [4.78, 5) is 44.7. The molecule has 0 aliphatic carbocycles. The van der Waals surface area contributed by atoms with Crippen LogP contribution in [0.2, 0.25) is 0 Å². The number of ether oxygens (including phenoxy) is 6. The monoisotopic (exact) mass is 566 g/mol. The normalized spacial score (nSPS) is 10.3. The van der Waals surface area contributed by atoms with Gasteiger partial charge in [0.1, 0.15) is 19.8 Å². The second-order valence-corrected chi connectivity index (χ2v) is 7.86. The van der Waals surface area contributed by atoms with E-state index in [0.717, 1.165) is 0 Å². The Labute approximate surface area is 232 Å². The Morgan fingerprint density at radius 2 is 0.821 bits per heavy atom. The molecular formula is C25H50N4O10. The number of carbonyl (C=O) groups excluding carboxylic acids is 4. The third kappa shape index (κ3) is 35.6. The first-order chi connectivity index (χ1) is 18.9. The lowest BCUT2D eigenvalue weighted by Gasteiger charge is -2.09. The zero-order chi connectivity index (χ0) is 29.4. The van der Waals surface area contributed by atoms with Crippen molar-refractivity contribution in [2.45, 2.75) is 40.0 Å². The van der Waals surface area contributed by atoms with Crippen LogP contribution in [0.5, 0.6) is 0 Å². The number of amides is 4. The van der Waals surface area contributed by atoms with E-state index in [1.54, 1.807) is 6.92 Å². The molecule has 0 atom stereocenters. The van der Waals surface area contributed by atoms with Gasteiger partial charge < -0.3 is 50.1 Å². The fourth-order valence-corrected chi connectivity index (χ4v) is 2.18. The Balaban J connectivity index is 0. The fraction of sp³-hybridized carbons (Fsp3) is 0.840. The van der Waals surface area contributed by atoms with E-state index < -0.39 is 5.91 Å². The molecule has 0 fully saturated rings. The molecule has 14 heteroatoms. The van der Waals surface area contributed by atoms with Crippen LogP contribution in [0.1, 0.15) is 40.0 Å². The third-order valence-electron chi connectivity index (χ3n) is 4.35. The van der Waals surface area contributed by atoms with Crippen molar-refractivity contribution in [2.75, 3.05) is 98.9 Å². The summed E-state index contributed by atoms with van der Waals surface area (Å²) < 4.78 is 31.1. The van der Waals surface area contributed by atoms with Gasteiger partial charge in [0.25, 0.3) is 0 Å². The van der Waals surface area contributed by atoms with Gasteiger partial charge in [0.05, 0.1) is 59.5 Å². The molecule has 0 spiro atoms. The summed E-state index contributed by atoms with van der Waals surface area (Å²) in [6.45, 7) is 9.56. The molecule has 0 aromatic carbocycles. The minimum absolute atomic E-state index is 0.0251. The van der Waals surface area contributed by atoms with Crippen molar-refractivity contribution >= 4 is 23.6 Å². The average molecular weight is 567 g/mol. The van der Waals surface area contributed by atoms with Gasteiger partial charge in [-0.25, -0.2) is 0 Å². The van der Waals surface area contributed by atoms with Gasteiger partial charge in [-0.05, 0) is 0 Å². The Morgan fingerprint density at radius 3 is 1.15 bits per heavy atom. The maximum Gasteiger partial charge on any atom is 0.246 e. The highest BCUT2D eigenvalue weighted by Crippen LogP contribution is 1.83.